The Hall–Kier alpha value is -3.12. The van der Waals surface area contributed by atoms with Crippen LogP contribution in [-0.4, -0.2) is 28.0 Å². The zero-order valence-corrected chi connectivity index (χ0v) is 18.3. The molecule has 30 heavy (non-hydrogen) atoms. The van der Waals surface area contributed by atoms with Crippen molar-refractivity contribution >= 4 is 28.9 Å². The number of halogens is 1. The van der Waals surface area contributed by atoms with Gasteiger partial charge in [-0.05, 0) is 37.5 Å². The van der Waals surface area contributed by atoms with E-state index in [9.17, 15) is 4.79 Å². The van der Waals surface area contributed by atoms with Gasteiger partial charge in [0.05, 0.1) is 17.0 Å². The molecule has 0 aliphatic rings. The molecule has 1 amide bonds. The topological polar surface area (TPSA) is 68.5 Å². The van der Waals surface area contributed by atoms with Crippen molar-refractivity contribution in [2.75, 3.05) is 11.9 Å². The fraction of sp³-hybridized carbons (Fsp3) is 0.261. The van der Waals surface area contributed by atoms with Gasteiger partial charge in [0.15, 0.2) is 0 Å². The van der Waals surface area contributed by atoms with E-state index >= 15 is 0 Å². The maximum Gasteiger partial charge on any atom is 0.260 e. The van der Waals surface area contributed by atoms with Crippen LogP contribution in [0.3, 0.4) is 0 Å². The predicted octanol–water partition coefficient (Wildman–Crippen LogP) is 5.45. The van der Waals surface area contributed by atoms with Crippen LogP contribution in [0.5, 0.6) is 0 Å². The van der Waals surface area contributed by atoms with Gasteiger partial charge in [0.2, 0.25) is 0 Å². The number of carbonyl (C=O) groups is 1. The van der Waals surface area contributed by atoms with Crippen LogP contribution >= 0.6 is 11.6 Å². The molecule has 3 rings (SSSR count). The van der Waals surface area contributed by atoms with E-state index in [-0.39, 0.29) is 5.91 Å². The van der Waals surface area contributed by atoms with Gasteiger partial charge in [0, 0.05) is 18.3 Å². The lowest BCUT2D eigenvalue weighted by molar-refractivity contribution is 0.102. The van der Waals surface area contributed by atoms with Crippen LogP contribution in [0.25, 0.3) is 11.1 Å². The lowest BCUT2D eigenvalue weighted by Crippen LogP contribution is -2.13. The molecule has 0 radical (unpaired) electrons. The highest BCUT2D eigenvalue weighted by atomic mass is 35.5. The minimum Gasteiger partial charge on any atom is -0.396 e. The lowest BCUT2D eigenvalue weighted by Gasteiger charge is -2.12. The summed E-state index contributed by atoms with van der Waals surface area (Å²) in [4.78, 5) is 18.1. The van der Waals surface area contributed by atoms with Gasteiger partial charge >= 0.3 is 0 Å². The second kappa shape index (κ2) is 9.59. The Morgan fingerprint density at radius 1 is 1.20 bits per heavy atom. The number of hydrogen-bond acceptors (Lipinski definition) is 4. The molecule has 2 aromatic carbocycles. The van der Waals surface area contributed by atoms with E-state index in [0.717, 1.165) is 28.8 Å². The third kappa shape index (κ3) is 4.71. The molecule has 0 saturated carbocycles. The highest BCUT2D eigenvalue weighted by Gasteiger charge is 2.20. The Bertz CT molecular complexity index is 1070. The number of nitrogens with one attached hydrogen (secondary N) is 1. The standard InChI is InChI=1S/C23H25ClN4O2/c1-5-14-30-27-15(2)17-10-12-18(13-11-17)19-8-6-7-9-20(19)25-23(29)21-16(3)26-28(4)22(21)24/h6-13H,5,14H2,1-4H3,(H,25,29)/b27-15-. The number of amides is 1. The number of nitrogens with zero attached hydrogens (tertiary/aromatic N) is 3. The summed E-state index contributed by atoms with van der Waals surface area (Å²) in [5.74, 6) is -0.286. The van der Waals surface area contributed by atoms with Crippen molar-refractivity contribution in [2.45, 2.75) is 27.2 Å². The summed E-state index contributed by atoms with van der Waals surface area (Å²) >= 11 is 6.24. The molecule has 156 valence electrons. The summed E-state index contributed by atoms with van der Waals surface area (Å²) in [5.41, 5.74) is 5.35. The molecule has 1 heterocycles. The molecule has 6 nitrogen and oxygen atoms in total. The van der Waals surface area contributed by atoms with Crippen molar-refractivity contribution in [3.63, 3.8) is 0 Å². The summed E-state index contributed by atoms with van der Waals surface area (Å²) in [6.45, 7) is 6.32. The molecule has 0 spiro atoms. The zero-order chi connectivity index (χ0) is 21.7. The first-order valence-electron chi connectivity index (χ1n) is 9.79. The van der Waals surface area contributed by atoms with Crippen LogP contribution in [0.4, 0.5) is 5.69 Å². The third-order valence-corrected chi connectivity index (χ3v) is 5.10. The molecule has 0 aliphatic heterocycles. The van der Waals surface area contributed by atoms with E-state index in [4.69, 9.17) is 16.4 Å². The van der Waals surface area contributed by atoms with Crippen molar-refractivity contribution in [1.29, 1.82) is 0 Å². The molecule has 3 aromatic rings. The Morgan fingerprint density at radius 2 is 1.90 bits per heavy atom. The molecule has 0 bridgehead atoms. The van der Waals surface area contributed by atoms with Gasteiger partial charge in [-0.3, -0.25) is 9.48 Å². The summed E-state index contributed by atoms with van der Waals surface area (Å²) < 4.78 is 1.49. The Labute approximate surface area is 181 Å². The monoisotopic (exact) mass is 424 g/mol. The normalized spacial score (nSPS) is 11.4. The van der Waals surface area contributed by atoms with Crippen molar-refractivity contribution < 1.29 is 9.63 Å². The Morgan fingerprint density at radius 3 is 2.53 bits per heavy atom. The first kappa shape index (κ1) is 21.6. The molecule has 0 fully saturated rings. The number of hydrogen-bond donors (Lipinski definition) is 1. The van der Waals surface area contributed by atoms with Gasteiger partial charge in [-0.2, -0.15) is 5.10 Å². The number of aryl methyl sites for hydroxylation is 2. The van der Waals surface area contributed by atoms with Gasteiger partial charge in [0.25, 0.3) is 5.91 Å². The minimum atomic E-state index is -0.286. The number of benzene rings is 2. The fourth-order valence-electron chi connectivity index (χ4n) is 3.09. The molecule has 0 saturated heterocycles. The van der Waals surface area contributed by atoms with E-state index in [1.165, 1.54) is 4.68 Å². The summed E-state index contributed by atoms with van der Waals surface area (Å²) in [6.07, 6.45) is 0.919. The van der Waals surface area contributed by atoms with Gasteiger partial charge in [-0.25, -0.2) is 0 Å². The maximum atomic E-state index is 12.8. The average molecular weight is 425 g/mol. The second-order valence-corrected chi connectivity index (χ2v) is 7.32. The van der Waals surface area contributed by atoms with Crippen molar-refractivity contribution in [2.24, 2.45) is 12.2 Å². The molecule has 1 N–H and O–H groups in total. The molecule has 0 atom stereocenters. The smallest absolute Gasteiger partial charge is 0.260 e. The molecular formula is C23H25ClN4O2. The summed E-state index contributed by atoms with van der Waals surface area (Å²) in [6, 6.07) is 15.6. The SMILES string of the molecule is CCCO/N=C(/C)c1ccc(-c2ccccc2NC(=O)c2c(C)nn(C)c2Cl)cc1. The number of oxime groups is 1. The van der Waals surface area contributed by atoms with Crippen molar-refractivity contribution in [1.82, 2.24) is 9.78 Å². The average Bonchev–Trinajstić information content (AvgIpc) is 3.00. The van der Waals surface area contributed by atoms with Crippen LogP contribution in [0.1, 0.15) is 41.9 Å². The highest BCUT2D eigenvalue weighted by molar-refractivity contribution is 6.33. The lowest BCUT2D eigenvalue weighted by atomic mass is 10.0. The van der Waals surface area contributed by atoms with E-state index in [2.05, 4.69) is 15.6 Å². The summed E-state index contributed by atoms with van der Waals surface area (Å²) in [5, 5.41) is 11.6. The zero-order valence-electron chi connectivity index (χ0n) is 17.6. The van der Waals surface area contributed by atoms with Crippen LogP contribution in [0.15, 0.2) is 53.7 Å². The van der Waals surface area contributed by atoms with Crippen LogP contribution in [-0.2, 0) is 11.9 Å². The highest BCUT2D eigenvalue weighted by Crippen LogP contribution is 2.29. The molecule has 1 aromatic heterocycles. The van der Waals surface area contributed by atoms with E-state index < -0.39 is 0 Å². The van der Waals surface area contributed by atoms with E-state index in [1.807, 2.05) is 62.4 Å². The van der Waals surface area contributed by atoms with Crippen LogP contribution in [0, 0.1) is 6.92 Å². The first-order valence-corrected chi connectivity index (χ1v) is 10.2. The second-order valence-electron chi connectivity index (χ2n) is 6.96. The summed E-state index contributed by atoms with van der Waals surface area (Å²) in [7, 11) is 1.71. The third-order valence-electron chi connectivity index (χ3n) is 4.67. The van der Waals surface area contributed by atoms with Gasteiger partial charge in [0.1, 0.15) is 11.8 Å². The number of aromatic nitrogens is 2. The number of carbonyl (C=O) groups excluding carboxylic acids is 1. The number of para-hydroxylation sites is 1. The molecule has 7 heteroatoms. The molecule has 0 aliphatic carbocycles. The number of anilines is 1. The van der Waals surface area contributed by atoms with Crippen LogP contribution < -0.4 is 5.32 Å². The van der Waals surface area contributed by atoms with E-state index in [0.29, 0.717) is 28.7 Å². The van der Waals surface area contributed by atoms with Crippen molar-refractivity contribution in [3.8, 4) is 11.1 Å². The first-order chi connectivity index (χ1) is 14.4. The number of rotatable bonds is 7. The van der Waals surface area contributed by atoms with Crippen LogP contribution in [0.2, 0.25) is 5.15 Å². The molecule has 0 unspecified atom stereocenters. The van der Waals surface area contributed by atoms with Crippen molar-refractivity contribution in [3.05, 3.63) is 70.5 Å². The maximum absolute atomic E-state index is 12.8. The molecular weight excluding hydrogens is 400 g/mol. The van der Waals surface area contributed by atoms with Gasteiger partial charge in [-0.1, -0.05) is 66.1 Å². The quantitative estimate of drug-likeness (QED) is 0.311. The van der Waals surface area contributed by atoms with Gasteiger partial charge < -0.3 is 10.2 Å². The Balaban J connectivity index is 1.85. The minimum absolute atomic E-state index is 0.286. The fourth-order valence-corrected chi connectivity index (χ4v) is 3.35. The Kier molecular flexibility index (Phi) is 6.90. The van der Waals surface area contributed by atoms with Gasteiger partial charge in [-0.15, -0.1) is 0 Å². The predicted molar refractivity (Wildman–Crippen MR) is 121 cm³/mol. The van der Waals surface area contributed by atoms with E-state index in [1.54, 1.807) is 14.0 Å². The largest absolute Gasteiger partial charge is 0.396 e.